The van der Waals surface area contributed by atoms with Crippen molar-refractivity contribution in [2.24, 2.45) is 0 Å². The van der Waals surface area contributed by atoms with E-state index in [-0.39, 0.29) is 19.2 Å². The second-order valence-electron chi connectivity index (χ2n) is 5.82. The molecule has 8 nitrogen and oxygen atoms in total. The van der Waals surface area contributed by atoms with Crippen LogP contribution in [0.1, 0.15) is 12.6 Å². The predicted molar refractivity (Wildman–Crippen MR) is 94.2 cm³/mol. The van der Waals surface area contributed by atoms with Gasteiger partial charge in [0.05, 0.1) is 18.5 Å². The number of ether oxygens (including phenoxy) is 3. The molecule has 0 bridgehead atoms. The molecule has 0 radical (unpaired) electrons. The van der Waals surface area contributed by atoms with Gasteiger partial charge in [-0.2, -0.15) is 0 Å². The van der Waals surface area contributed by atoms with E-state index >= 15 is 0 Å². The molecular formula is C19H17N3O5. The minimum absolute atomic E-state index is 0.185. The molecule has 4 rings (SSSR count). The topological polar surface area (TPSA) is 95.7 Å². The van der Waals surface area contributed by atoms with Crippen molar-refractivity contribution in [1.29, 1.82) is 0 Å². The number of carbonyl (C=O) groups is 1. The zero-order chi connectivity index (χ0) is 18.6. The van der Waals surface area contributed by atoms with E-state index in [2.05, 4.69) is 15.3 Å². The molecule has 0 spiro atoms. The molecule has 27 heavy (non-hydrogen) atoms. The van der Waals surface area contributed by atoms with Crippen molar-refractivity contribution in [2.75, 3.05) is 6.79 Å². The van der Waals surface area contributed by atoms with E-state index in [1.165, 1.54) is 0 Å². The third kappa shape index (κ3) is 3.69. The predicted octanol–water partition coefficient (Wildman–Crippen LogP) is 2.55. The molecule has 3 aromatic rings. The Hall–Kier alpha value is -3.55. The molecular weight excluding hydrogens is 350 g/mol. The van der Waals surface area contributed by atoms with Gasteiger partial charge in [0.15, 0.2) is 23.4 Å². The fourth-order valence-corrected chi connectivity index (χ4v) is 2.64. The lowest BCUT2D eigenvalue weighted by atomic mass is 10.2. The minimum Gasteiger partial charge on any atom is -0.481 e. The molecule has 0 saturated carbocycles. The SMILES string of the molecule is CC(Oc1ccc2c(c1)OCO2)C(=O)NCc1nccnc1-c1ccco1. The first kappa shape index (κ1) is 16.9. The number of furan rings is 1. The second-order valence-corrected chi connectivity index (χ2v) is 5.82. The number of aromatic nitrogens is 2. The van der Waals surface area contributed by atoms with Gasteiger partial charge >= 0.3 is 0 Å². The zero-order valence-electron chi connectivity index (χ0n) is 14.5. The van der Waals surface area contributed by atoms with E-state index in [1.807, 2.05) is 0 Å². The first-order valence-corrected chi connectivity index (χ1v) is 8.38. The quantitative estimate of drug-likeness (QED) is 0.715. The standard InChI is InChI=1S/C19H17N3O5/c1-12(27-13-4-5-15-17(9-13)26-11-25-15)19(23)22-10-14-18(21-7-6-20-14)16-3-2-8-24-16/h2-9,12H,10-11H2,1H3,(H,22,23). The Morgan fingerprint density at radius 3 is 2.93 bits per heavy atom. The van der Waals surface area contributed by atoms with Crippen LogP contribution in [-0.4, -0.2) is 28.8 Å². The largest absolute Gasteiger partial charge is 0.481 e. The highest BCUT2D eigenvalue weighted by atomic mass is 16.7. The molecule has 0 saturated heterocycles. The first-order valence-electron chi connectivity index (χ1n) is 8.38. The Bertz CT molecular complexity index is 942. The number of benzene rings is 1. The Labute approximate surface area is 155 Å². The van der Waals surface area contributed by atoms with Gasteiger partial charge in [-0.3, -0.25) is 9.78 Å². The summed E-state index contributed by atoms with van der Waals surface area (Å²) in [6, 6.07) is 8.74. The maximum absolute atomic E-state index is 12.4. The maximum atomic E-state index is 12.4. The number of hydrogen-bond donors (Lipinski definition) is 1. The van der Waals surface area contributed by atoms with Gasteiger partial charge < -0.3 is 23.9 Å². The average molecular weight is 367 g/mol. The van der Waals surface area contributed by atoms with E-state index in [1.54, 1.807) is 55.9 Å². The summed E-state index contributed by atoms with van der Waals surface area (Å²) in [5.41, 5.74) is 1.20. The monoisotopic (exact) mass is 367 g/mol. The van der Waals surface area contributed by atoms with Crippen molar-refractivity contribution < 1.29 is 23.4 Å². The van der Waals surface area contributed by atoms with E-state index in [4.69, 9.17) is 18.6 Å². The number of hydrogen-bond acceptors (Lipinski definition) is 7. The van der Waals surface area contributed by atoms with Gasteiger partial charge in [-0.15, -0.1) is 0 Å². The van der Waals surface area contributed by atoms with Crippen molar-refractivity contribution in [2.45, 2.75) is 19.6 Å². The molecule has 3 heterocycles. The van der Waals surface area contributed by atoms with Crippen molar-refractivity contribution >= 4 is 5.91 Å². The third-order valence-electron chi connectivity index (χ3n) is 3.98. The van der Waals surface area contributed by atoms with Crippen LogP contribution in [0.3, 0.4) is 0 Å². The van der Waals surface area contributed by atoms with Crippen LogP contribution >= 0.6 is 0 Å². The molecule has 1 unspecified atom stereocenters. The van der Waals surface area contributed by atoms with E-state index < -0.39 is 6.10 Å². The number of amides is 1. The molecule has 0 aliphatic carbocycles. The van der Waals surface area contributed by atoms with Crippen LogP contribution in [0.5, 0.6) is 17.2 Å². The molecule has 1 N–H and O–H groups in total. The van der Waals surface area contributed by atoms with Crippen LogP contribution in [0.25, 0.3) is 11.5 Å². The third-order valence-corrected chi connectivity index (χ3v) is 3.98. The summed E-state index contributed by atoms with van der Waals surface area (Å²) >= 11 is 0. The zero-order valence-corrected chi connectivity index (χ0v) is 14.5. The van der Waals surface area contributed by atoms with Gasteiger partial charge in [-0.25, -0.2) is 4.98 Å². The lowest BCUT2D eigenvalue weighted by Gasteiger charge is -2.15. The molecule has 2 aromatic heterocycles. The number of nitrogens with one attached hydrogen (secondary N) is 1. The van der Waals surface area contributed by atoms with Crippen LogP contribution in [0.2, 0.25) is 0 Å². The molecule has 138 valence electrons. The van der Waals surface area contributed by atoms with Gasteiger partial charge in [0.1, 0.15) is 11.4 Å². The molecule has 1 aliphatic rings. The molecule has 8 heteroatoms. The van der Waals surface area contributed by atoms with Gasteiger partial charge in [-0.1, -0.05) is 0 Å². The number of rotatable bonds is 6. The van der Waals surface area contributed by atoms with E-state index in [0.717, 1.165) is 0 Å². The summed E-state index contributed by atoms with van der Waals surface area (Å²) in [5.74, 6) is 2.11. The Morgan fingerprint density at radius 1 is 1.22 bits per heavy atom. The van der Waals surface area contributed by atoms with Gasteiger partial charge in [0.25, 0.3) is 5.91 Å². The van der Waals surface area contributed by atoms with Gasteiger partial charge in [0.2, 0.25) is 6.79 Å². The lowest BCUT2D eigenvalue weighted by molar-refractivity contribution is -0.127. The Morgan fingerprint density at radius 2 is 2.07 bits per heavy atom. The summed E-state index contributed by atoms with van der Waals surface area (Å²) in [7, 11) is 0. The van der Waals surface area contributed by atoms with Crippen molar-refractivity contribution in [3.05, 3.63) is 54.7 Å². The highest BCUT2D eigenvalue weighted by Gasteiger charge is 2.19. The highest BCUT2D eigenvalue weighted by Crippen LogP contribution is 2.35. The second kappa shape index (κ2) is 7.36. The maximum Gasteiger partial charge on any atom is 0.261 e. The highest BCUT2D eigenvalue weighted by molar-refractivity contribution is 5.80. The molecule has 1 amide bonds. The summed E-state index contributed by atoms with van der Waals surface area (Å²) < 4.78 is 21.6. The Balaban J connectivity index is 1.38. The summed E-state index contributed by atoms with van der Waals surface area (Å²) in [4.78, 5) is 20.9. The van der Waals surface area contributed by atoms with Crippen molar-refractivity contribution in [1.82, 2.24) is 15.3 Å². The molecule has 1 aromatic carbocycles. The normalized spacial score (nSPS) is 13.2. The fraction of sp³-hybridized carbons (Fsp3) is 0.211. The van der Waals surface area contributed by atoms with E-state index in [9.17, 15) is 4.79 Å². The number of carbonyl (C=O) groups excluding carboxylic acids is 1. The number of fused-ring (bicyclic) bond motifs is 1. The van der Waals surface area contributed by atoms with Crippen LogP contribution < -0.4 is 19.5 Å². The number of nitrogens with zero attached hydrogens (tertiary/aromatic N) is 2. The van der Waals surface area contributed by atoms with Crippen LogP contribution in [0, 0.1) is 0 Å². The fourth-order valence-electron chi connectivity index (χ4n) is 2.64. The first-order chi connectivity index (χ1) is 13.2. The van der Waals surface area contributed by atoms with Crippen molar-refractivity contribution in [3.8, 4) is 28.7 Å². The summed E-state index contributed by atoms with van der Waals surface area (Å²) in [5, 5.41) is 2.81. The minimum atomic E-state index is -0.700. The summed E-state index contributed by atoms with van der Waals surface area (Å²) in [6.07, 6.45) is 4.01. The Kier molecular flexibility index (Phi) is 4.61. The molecule has 1 aliphatic heterocycles. The van der Waals surface area contributed by atoms with Gasteiger partial charge in [0, 0.05) is 18.5 Å². The molecule has 1 atom stereocenters. The van der Waals surface area contributed by atoms with Crippen LogP contribution in [0.4, 0.5) is 0 Å². The van der Waals surface area contributed by atoms with Crippen LogP contribution in [0.15, 0.2) is 53.4 Å². The van der Waals surface area contributed by atoms with Crippen molar-refractivity contribution in [3.63, 3.8) is 0 Å². The van der Waals surface area contributed by atoms with E-state index in [0.29, 0.717) is 34.4 Å². The molecule has 0 fully saturated rings. The van der Waals surface area contributed by atoms with Gasteiger partial charge in [-0.05, 0) is 31.2 Å². The summed E-state index contributed by atoms with van der Waals surface area (Å²) in [6.45, 7) is 2.06. The average Bonchev–Trinajstić information content (AvgIpc) is 3.37. The lowest BCUT2D eigenvalue weighted by Crippen LogP contribution is -2.36. The smallest absolute Gasteiger partial charge is 0.261 e. The van der Waals surface area contributed by atoms with Crippen LogP contribution in [-0.2, 0) is 11.3 Å².